The molecule has 1 aliphatic rings. The van der Waals surface area contributed by atoms with E-state index in [9.17, 15) is 9.59 Å². The van der Waals surface area contributed by atoms with Crippen molar-refractivity contribution in [3.05, 3.63) is 89.6 Å². The molecule has 9 heteroatoms. The first-order valence-electron chi connectivity index (χ1n) is 9.97. The molecular weight excluding hydrogens is 464 g/mol. The van der Waals surface area contributed by atoms with E-state index in [-0.39, 0.29) is 11.1 Å². The van der Waals surface area contributed by atoms with Crippen molar-refractivity contribution in [2.75, 3.05) is 21.3 Å². The molecule has 0 N–H and O–H groups in total. The molecule has 0 amide bonds. The first kappa shape index (κ1) is 22.8. The van der Waals surface area contributed by atoms with E-state index in [1.807, 2.05) is 18.2 Å². The van der Waals surface area contributed by atoms with Crippen LogP contribution in [0.5, 0.6) is 11.5 Å². The van der Waals surface area contributed by atoms with E-state index >= 15 is 0 Å². The smallest absolute Gasteiger partial charge is 0.338 e. The van der Waals surface area contributed by atoms with Gasteiger partial charge in [-0.3, -0.25) is 9.36 Å². The van der Waals surface area contributed by atoms with Crippen molar-refractivity contribution < 1.29 is 19.0 Å². The van der Waals surface area contributed by atoms with Crippen LogP contribution in [-0.4, -0.2) is 31.9 Å². The Bertz CT molecular complexity index is 1450. The van der Waals surface area contributed by atoms with Crippen LogP contribution < -0.4 is 24.4 Å². The molecule has 1 aliphatic heterocycles. The highest BCUT2D eigenvalue weighted by Crippen LogP contribution is 2.35. The van der Waals surface area contributed by atoms with E-state index in [0.29, 0.717) is 37.1 Å². The molecule has 0 aliphatic carbocycles. The highest BCUT2D eigenvalue weighted by Gasteiger charge is 2.33. The molecule has 0 unspecified atom stereocenters. The number of ether oxygens (including phenoxy) is 3. The van der Waals surface area contributed by atoms with Crippen LogP contribution in [0.2, 0.25) is 5.02 Å². The topological polar surface area (TPSA) is 79.1 Å². The van der Waals surface area contributed by atoms with E-state index in [1.54, 1.807) is 44.4 Å². The number of nitrogens with zero attached hydrogens (tertiary/aromatic N) is 2. The maximum Gasteiger partial charge on any atom is 0.338 e. The molecule has 0 fully saturated rings. The average molecular weight is 485 g/mol. The number of rotatable bonds is 5. The molecule has 1 aromatic heterocycles. The average Bonchev–Trinajstić information content (AvgIpc) is 3.13. The van der Waals surface area contributed by atoms with Gasteiger partial charge in [-0.05, 0) is 42.3 Å². The number of thiazole rings is 1. The highest BCUT2D eigenvalue weighted by molar-refractivity contribution is 7.07. The van der Waals surface area contributed by atoms with Gasteiger partial charge in [0.2, 0.25) is 0 Å². The third kappa shape index (κ3) is 4.07. The van der Waals surface area contributed by atoms with Crippen molar-refractivity contribution in [2.45, 2.75) is 13.0 Å². The number of esters is 1. The second-order valence-corrected chi connectivity index (χ2v) is 8.63. The van der Waals surface area contributed by atoms with Gasteiger partial charge >= 0.3 is 5.97 Å². The van der Waals surface area contributed by atoms with Crippen LogP contribution in [0, 0.1) is 0 Å². The number of hydrogen-bond acceptors (Lipinski definition) is 7. The Morgan fingerprint density at radius 3 is 2.52 bits per heavy atom. The standard InChI is InChI=1S/C24H21ClN2O5S/c1-13-20(23(29)32-4)21(15-9-10-17(30-2)18(11-15)31-3)27-22(28)19(33-24(27)26-13)12-14-7-5-6-8-16(14)25/h5-12,21H,1-4H3/b19-12-/t21-/m0/s1. The Hall–Kier alpha value is -3.36. The highest BCUT2D eigenvalue weighted by atomic mass is 35.5. The first-order chi connectivity index (χ1) is 15.9. The summed E-state index contributed by atoms with van der Waals surface area (Å²) in [4.78, 5) is 31.4. The predicted octanol–water partition coefficient (Wildman–Crippen LogP) is 3.08. The molecule has 33 heavy (non-hydrogen) atoms. The van der Waals surface area contributed by atoms with E-state index < -0.39 is 12.0 Å². The van der Waals surface area contributed by atoms with Crippen molar-refractivity contribution in [2.24, 2.45) is 4.99 Å². The minimum atomic E-state index is -0.748. The number of allylic oxidation sites excluding steroid dienone is 1. The van der Waals surface area contributed by atoms with Crippen molar-refractivity contribution in [1.82, 2.24) is 4.57 Å². The van der Waals surface area contributed by atoms with Gasteiger partial charge in [-0.25, -0.2) is 9.79 Å². The summed E-state index contributed by atoms with van der Waals surface area (Å²) in [6.45, 7) is 1.73. The van der Waals surface area contributed by atoms with Gasteiger partial charge in [0.05, 0.1) is 43.2 Å². The number of fused-ring (bicyclic) bond motifs is 1. The van der Waals surface area contributed by atoms with E-state index in [2.05, 4.69) is 4.99 Å². The normalized spacial score (nSPS) is 15.7. The molecule has 170 valence electrons. The van der Waals surface area contributed by atoms with Crippen molar-refractivity contribution in [1.29, 1.82) is 0 Å². The molecule has 7 nitrogen and oxygen atoms in total. The summed E-state index contributed by atoms with van der Waals surface area (Å²) in [5, 5.41) is 0.534. The zero-order chi connectivity index (χ0) is 23.7. The van der Waals surface area contributed by atoms with Crippen LogP contribution in [0.4, 0.5) is 0 Å². The maximum atomic E-state index is 13.6. The summed E-state index contributed by atoms with van der Waals surface area (Å²) in [5.74, 6) is 0.455. The Morgan fingerprint density at radius 2 is 1.85 bits per heavy atom. The van der Waals surface area contributed by atoms with Crippen molar-refractivity contribution in [3.8, 4) is 11.5 Å². The van der Waals surface area contributed by atoms with Crippen LogP contribution in [0.25, 0.3) is 6.08 Å². The lowest BCUT2D eigenvalue weighted by molar-refractivity contribution is -0.136. The molecule has 0 saturated heterocycles. The van der Waals surface area contributed by atoms with Crippen molar-refractivity contribution >= 4 is 35.0 Å². The zero-order valence-electron chi connectivity index (χ0n) is 18.4. The number of carbonyl (C=O) groups is 1. The number of aromatic nitrogens is 1. The Labute approximate surface area is 198 Å². The van der Waals surface area contributed by atoms with E-state index in [4.69, 9.17) is 25.8 Å². The van der Waals surface area contributed by atoms with Crippen LogP contribution in [0.15, 0.2) is 63.5 Å². The minimum Gasteiger partial charge on any atom is -0.493 e. The second kappa shape index (κ2) is 9.25. The van der Waals surface area contributed by atoms with Crippen LogP contribution >= 0.6 is 22.9 Å². The summed E-state index contributed by atoms with van der Waals surface area (Å²) in [5.41, 5.74) is 1.85. The van der Waals surface area contributed by atoms with Gasteiger partial charge in [0, 0.05) is 5.02 Å². The lowest BCUT2D eigenvalue weighted by atomic mass is 9.95. The SMILES string of the molecule is COC(=O)C1=C(C)N=c2s/c(=C\c3ccccc3Cl)c(=O)n2[C@H]1c1ccc(OC)c(OC)c1. The third-order valence-electron chi connectivity index (χ3n) is 5.34. The Morgan fingerprint density at radius 1 is 1.12 bits per heavy atom. The van der Waals surface area contributed by atoms with Gasteiger partial charge in [-0.1, -0.05) is 47.2 Å². The molecule has 1 atom stereocenters. The van der Waals surface area contributed by atoms with Gasteiger partial charge in [0.1, 0.15) is 0 Å². The number of methoxy groups -OCH3 is 3. The summed E-state index contributed by atoms with van der Waals surface area (Å²) < 4.78 is 17.8. The largest absolute Gasteiger partial charge is 0.493 e. The molecule has 2 heterocycles. The molecule has 0 radical (unpaired) electrons. The maximum absolute atomic E-state index is 13.6. The lowest BCUT2D eigenvalue weighted by Gasteiger charge is -2.25. The van der Waals surface area contributed by atoms with Gasteiger partial charge in [-0.2, -0.15) is 0 Å². The Kier molecular flexibility index (Phi) is 6.40. The number of benzene rings is 2. The Balaban J connectivity index is 2.00. The van der Waals surface area contributed by atoms with Crippen molar-refractivity contribution in [3.63, 3.8) is 0 Å². The fourth-order valence-electron chi connectivity index (χ4n) is 3.76. The van der Waals surface area contributed by atoms with Crippen LogP contribution in [0.1, 0.15) is 24.1 Å². The van der Waals surface area contributed by atoms with Crippen LogP contribution in [0.3, 0.4) is 0 Å². The third-order valence-corrected chi connectivity index (χ3v) is 6.67. The van der Waals surface area contributed by atoms with Gasteiger partial charge in [0.15, 0.2) is 16.3 Å². The summed E-state index contributed by atoms with van der Waals surface area (Å²) in [6.07, 6.45) is 1.73. The van der Waals surface area contributed by atoms with Gasteiger partial charge in [-0.15, -0.1) is 0 Å². The molecule has 0 saturated carbocycles. The molecule has 4 rings (SSSR count). The monoisotopic (exact) mass is 484 g/mol. The van der Waals surface area contributed by atoms with E-state index in [1.165, 1.54) is 30.1 Å². The molecular formula is C24H21ClN2O5S. The predicted molar refractivity (Wildman–Crippen MR) is 127 cm³/mol. The van der Waals surface area contributed by atoms with E-state index in [0.717, 1.165) is 5.56 Å². The number of halogens is 1. The second-order valence-electron chi connectivity index (χ2n) is 7.21. The molecule has 3 aromatic rings. The summed E-state index contributed by atoms with van der Waals surface area (Å²) in [7, 11) is 4.37. The molecule has 0 spiro atoms. The first-order valence-corrected chi connectivity index (χ1v) is 11.2. The fourth-order valence-corrected chi connectivity index (χ4v) is 4.99. The summed E-state index contributed by atoms with van der Waals surface area (Å²) in [6, 6.07) is 11.8. The number of carbonyl (C=O) groups excluding carboxylic acids is 1. The molecule has 2 aromatic carbocycles. The zero-order valence-corrected chi connectivity index (χ0v) is 20.0. The van der Waals surface area contributed by atoms with Gasteiger partial charge < -0.3 is 14.2 Å². The fraction of sp³-hybridized carbons (Fsp3) is 0.208. The summed E-state index contributed by atoms with van der Waals surface area (Å²) >= 11 is 7.53. The molecule has 0 bridgehead atoms. The lowest BCUT2D eigenvalue weighted by Crippen LogP contribution is -2.39. The quantitative estimate of drug-likeness (QED) is 0.520. The van der Waals surface area contributed by atoms with Crippen LogP contribution in [-0.2, 0) is 9.53 Å². The van der Waals surface area contributed by atoms with Gasteiger partial charge in [0.25, 0.3) is 5.56 Å². The number of hydrogen-bond donors (Lipinski definition) is 0. The minimum absolute atomic E-state index is 0.279.